The zero-order valence-electron chi connectivity index (χ0n) is 9.88. The summed E-state index contributed by atoms with van der Waals surface area (Å²) >= 11 is 0. The van der Waals surface area contributed by atoms with Gasteiger partial charge in [-0.2, -0.15) is 13.2 Å². The summed E-state index contributed by atoms with van der Waals surface area (Å²) < 4.78 is 37.0. The molecule has 1 aromatic carbocycles. The zero-order chi connectivity index (χ0) is 13.2. The van der Waals surface area contributed by atoms with Crippen LogP contribution < -0.4 is 10.6 Å². The fourth-order valence-corrected chi connectivity index (χ4v) is 1.66. The molecule has 0 radical (unpaired) electrons. The Kier molecular flexibility index (Phi) is 3.45. The molecule has 2 rings (SSSR count). The van der Waals surface area contributed by atoms with Gasteiger partial charge < -0.3 is 10.6 Å². The molecule has 0 amide bonds. The van der Waals surface area contributed by atoms with E-state index in [0.717, 1.165) is 24.2 Å². The zero-order valence-corrected chi connectivity index (χ0v) is 9.88. The van der Waals surface area contributed by atoms with Crippen LogP contribution in [0.25, 0.3) is 0 Å². The highest BCUT2D eigenvalue weighted by atomic mass is 19.4. The van der Waals surface area contributed by atoms with Gasteiger partial charge >= 0.3 is 6.18 Å². The van der Waals surface area contributed by atoms with Gasteiger partial charge in [0.2, 0.25) is 0 Å². The number of hydrogen-bond acceptors (Lipinski definition) is 3. The highest BCUT2D eigenvalue weighted by Gasteiger charge is 2.29. The standard InChI is InChI=1S/C12H14F3N3/c1-8-6-16-11(18-8)17-7-9-2-4-10(5-3-9)12(13,14)15/h2-5,8H,6-7H2,1H3,(H2,16,17,18). The number of halogens is 3. The minimum Gasteiger partial charge on any atom is -0.352 e. The van der Waals surface area contributed by atoms with Gasteiger partial charge in [-0.15, -0.1) is 0 Å². The normalized spacial score (nSPS) is 19.3. The molecule has 0 saturated heterocycles. The SMILES string of the molecule is CC1CN=C(NCc2ccc(C(F)(F)F)cc2)N1. The van der Waals surface area contributed by atoms with Crippen LogP contribution in [0.1, 0.15) is 18.1 Å². The van der Waals surface area contributed by atoms with E-state index in [1.54, 1.807) is 0 Å². The van der Waals surface area contributed by atoms with Crippen LogP contribution in [0.5, 0.6) is 0 Å². The van der Waals surface area contributed by atoms with Crippen molar-refractivity contribution in [2.24, 2.45) is 4.99 Å². The van der Waals surface area contributed by atoms with Crippen LogP contribution in [-0.4, -0.2) is 18.5 Å². The van der Waals surface area contributed by atoms with Crippen LogP contribution in [-0.2, 0) is 12.7 Å². The highest BCUT2D eigenvalue weighted by molar-refractivity contribution is 5.81. The van der Waals surface area contributed by atoms with Crippen LogP contribution in [0.3, 0.4) is 0 Å². The minimum atomic E-state index is -4.28. The summed E-state index contributed by atoms with van der Waals surface area (Å²) in [4.78, 5) is 4.20. The summed E-state index contributed by atoms with van der Waals surface area (Å²) in [6.45, 7) is 3.18. The number of aliphatic imine (C=N–C) groups is 1. The van der Waals surface area contributed by atoms with Gasteiger partial charge in [-0.25, -0.2) is 0 Å². The molecule has 0 saturated carbocycles. The molecule has 0 spiro atoms. The maximum absolute atomic E-state index is 12.3. The molecule has 0 bridgehead atoms. The predicted molar refractivity (Wildman–Crippen MR) is 63.2 cm³/mol. The third-order valence-corrected chi connectivity index (χ3v) is 2.65. The first-order valence-corrected chi connectivity index (χ1v) is 5.66. The largest absolute Gasteiger partial charge is 0.416 e. The number of nitrogens with one attached hydrogen (secondary N) is 2. The number of nitrogens with zero attached hydrogens (tertiary/aromatic N) is 1. The summed E-state index contributed by atoms with van der Waals surface area (Å²) in [5.41, 5.74) is 0.156. The van der Waals surface area contributed by atoms with Crippen LogP contribution in [0.2, 0.25) is 0 Å². The Labute approximate surface area is 103 Å². The Morgan fingerprint density at radius 3 is 2.50 bits per heavy atom. The van der Waals surface area contributed by atoms with Crippen molar-refractivity contribution in [3.05, 3.63) is 35.4 Å². The van der Waals surface area contributed by atoms with Crippen molar-refractivity contribution in [2.75, 3.05) is 6.54 Å². The Bertz CT molecular complexity index is 437. The lowest BCUT2D eigenvalue weighted by atomic mass is 10.1. The quantitative estimate of drug-likeness (QED) is 0.851. The number of guanidine groups is 1. The lowest BCUT2D eigenvalue weighted by Crippen LogP contribution is -2.37. The number of hydrogen-bond donors (Lipinski definition) is 2. The van der Waals surface area contributed by atoms with E-state index in [1.165, 1.54) is 12.1 Å². The molecule has 6 heteroatoms. The van der Waals surface area contributed by atoms with E-state index < -0.39 is 11.7 Å². The Balaban J connectivity index is 1.91. The van der Waals surface area contributed by atoms with E-state index in [1.807, 2.05) is 6.92 Å². The van der Waals surface area contributed by atoms with E-state index in [0.29, 0.717) is 18.5 Å². The van der Waals surface area contributed by atoms with Crippen molar-refractivity contribution in [1.29, 1.82) is 0 Å². The average Bonchev–Trinajstić information content (AvgIpc) is 2.72. The third-order valence-electron chi connectivity index (χ3n) is 2.65. The lowest BCUT2D eigenvalue weighted by molar-refractivity contribution is -0.137. The molecule has 1 aromatic rings. The van der Waals surface area contributed by atoms with E-state index in [4.69, 9.17) is 0 Å². The van der Waals surface area contributed by atoms with Crippen molar-refractivity contribution in [2.45, 2.75) is 25.7 Å². The van der Waals surface area contributed by atoms with Gasteiger partial charge in [0.05, 0.1) is 12.1 Å². The molecule has 0 aromatic heterocycles. The van der Waals surface area contributed by atoms with Crippen LogP contribution >= 0.6 is 0 Å². The molecule has 2 N–H and O–H groups in total. The minimum absolute atomic E-state index is 0.306. The molecule has 98 valence electrons. The summed E-state index contributed by atoms with van der Waals surface area (Å²) in [7, 11) is 0. The first-order valence-electron chi connectivity index (χ1n) is 5.66. The Hall–Kier alpha value is -1.72. The Morgan fingerprint density at radius 1 is 1.33 bits per heavy atom. The topological polar surface area (TPSA) is 36.4 Å². The van der Waals surface area contributed by atoms with Gasteiger partial charge in [-0.05, 0) is 24.6 Å². The van der Waals surface area contributed by atoms with Gasteiger partial charge in [0, 0.05) is 12.6 Å². The second kappa shape index (κ2) is 4.88. The van der Waals surface area contributed by atoms with E-state index in [-0.39, 0.29) is 0 Å². The smallest absolute Gasteiger partial charge is 0.352 e. The molecule has 1 aliphatic heterocycles. The summed E-state index contributed by atoms with van der Waals surface area (Å²) in [5.74, 6) is 0.697. The molecule has 3 nitrogen and oxygen atoms in total. The van der Waals surface area contributed by atoms with Gasteiger partial charge in [-0.1, -0.05) is 12.1 Å². The summed E-state index contributed by atoms with van der Waals surface area (Å²) in [6, 6.07) is 5.41. The lowest BCUT2D eigenvalue weighted by Gasteiger charge is -2.10. The van der Waals surface area contributed by atoms with Crippen LogP contribution in [0, 0.1) is 0 Å². The van der Waals surface area contributed by atoms with E-state index >= 15 is 0 Å². The van der Waals surface area contributed by atoms with Gasteiger partial charge in [0.15, 0.2) is 5.96 Å². The molecule has 1 heterocycles. The third kappa shape index (κ3) is 3.15. The first-order chi connectivity index (χ1) is 8.45. The van der Waals surface area contributed by atoms with Crippen molar-refractivity contribution in [3.8, 4) is 0 Å². The van der Waals surface area contributed by atoms with Crippen LogP contribution in [0.15, 0.2) is 29.3 Å². The van der Waals surface area contributed by atoms with Crippen molar-refractivity contribution >= 4 is 5.96 Å². The maximum atomic E-state index is 12.3. The molecule has 1 aliphatic rings. The predicted octanol–water partition coefficient (Wildman–Crippen LogP) is 2.14. The van der Waals surface area contributed by atoms with Crippen molar-refractivity contribution in [3.63, 3.8) is 0 Å². The average molecular weight is 257 g/mol. The molecule has 0 aliphatic carbocycles. The number of alkyl halides is 3. The monoisotopic (exact) mass is 257 g/mol. The van der Waals surface area contributed by atoms with Gasteiger partial charge in [-0.3, -0.25) is 4.99 Å². The second-order valence-corrected chi connectivity index (χ2v) is 4.28. The molecule has 1 atom stereocenters. The van der Waals surface area contributed by atoms with E-state index in [9.17, 15) is 13.2 Å². The highest BCUT2D eigenvalue weighted by Crippen LogP contribution is 2.28. The Morgan fingerprint density at radius 2 is 2.00 bits per heavy atom. The number of benzene rings is 1. The molecular weight excluding hydrogens is 243 g/mol. The fourth-order valence-electron chi connectivity index (χ4n) is 1.66. The maximum Gasteiger partial charge on any atom is 0.416 e. The van der Waals surface area contributed by atoms with Crippen LogP contribution in [0.4, 0.5) is 13.2 Å². The molecule has 1 unspecified atom stereocenters. The molecule has 18 heavy (non-hydrogen) atoms. The first kappa shape index (κ1) is 12.7. The van der Waals surface area contributed by atoms with Crippen molar-refractivity contribution in [1.82, 2.24) is 10.6 Å². The second-order valence-electron chi connectivity index (χ2n) is 4.28. The van der Waals surface area contributed by atoms with E-state index in [2.05, 4.69) is 15.6 Å². The van der Waals surface area contributed by atoms with Gasteiger partial charge in [0.25, 0.3) is 0 Å². The number of rotatable bonds is 2. The molecule has 0 fully saturated rings. The van der Waals surface area contributed by atoms with Gasteiger partial charge in [0.1, 0.15) is 0 Å². The van der Waals surface area contributed by atoms with Crippen molar-refractivity contribution < 1.29 is 13.2 Å². The fraction of sp³-hybridized carbons (Fsp3) is 0.417. The summed E-state index contributed by atoms with van der Waals surface area (Å²) in [5, 5.41) is 6.16. The molecular formula is C12H14F3N3. The summed E-state index contributed by atoms with van der Waals surface area (Å²) in [6.07, 6.45) is -4.28.